The fourth-order valence-electron chi connectivity index (χ4n) is 2.52. The summed E-state index contributed by atoms with van der Waals surface area (Å²) in [5, 5.41) is 5.87. The van der Waals surface area contributed by atoms with Gasteiger partial charge in [-0.2, -0.15) is 4.98 Å². The van der Waals surface area contributed by atoms with E-state index in [4.69, 9.17) is 10.5 Å². The molecule has 0 fully saturated rings. The minimum Gasteiger partial charge on any atom is -0.456 e. The highest BCUT2D eigenvalue weighted by atomic mass is 19.1. The van der Waals surface area contributed by atoms with Crippen LogP contribution in [0.15, 0.2) is 59.7 Å². The van der Waals surface area contributed by atoms with Crippen LogP contribution in [0.25, 0.3) is 0 Å². The Hall–Kier alpha value is -4.01. The molecule has 9 heteroatoms. The van der Waals surface area contributed by atoms with E-state index < -0.39 is 17.4 Å². The van der Waals surface area contributed by atoms with E-state index in [2.05, 4.69) is 25.6 Å². The maximum absolute atomic E-state index is 14.1. The molecular weight excluding hydrogens is 399 g/mol. The fourth-order valence-corrected chi connectivity index (χ4v) is 2.52. The van der Waals surface area contributed by atoms with Crippen LogP contribution in [0.1, 0.15) is 20.8 Å². The van der Waals surface area contributed by atoms with Gasteiger partial charge in [-0.25, -0.2) is 19.2 Å². The van der Waals surface area contributed by atoms with Crippen molar-refractivity contribution < 1.29 is 13.9 Å². The molecule has 4 N–H and O–H groups in total. The molecule has 1 heterocycles. The fraction of sp³-hybridized carbons (Fsp3) is 0.182. The van der Waals surface area contributed by atoms with Gasteiger partial charge in [0, 0.05) is 17.1 Å². The summed E-state index contributed by atoms with van der Waals surface area (Å²) < 4.78 is 19.3. The van der Waals surface area contributed by atoms with Gasteiger partial charge in [-0.05, 0) is 57.2 Å². The SMILES string of the molecule is CC(C)(C)OC(=O)/C=N/c1cccc(Nc2ncc(F)c(Nc3cccc(N)c3)n2)c1. The lowest BCUT2D eigenvalue weighted by atomic mass is 10.2. The second-order valence-electron chi connectivity index (χ2n) is 7.61. The third-order valence-electron chi connectivity index (χ3n) is 3.72. The molecule has 0 aliphatic heterocycles. The zero-order chi connectivity index (χ0) is 22.4. The standard InChI is InChI=1S/C22H23FN6O2/c1-22(2,3)31-19(30)13-25-15-7-5-9-17(11-15)28-21-26-12-18(23)20(29-21)27-16-8-4-6-14(24)10-16/h4-13H,24H2,1-3H3,(H2,26,27,28,29)/b25-13+. The summed E-state index contributed by atoms with van der Waals surface area (Å²) in [4.78, 5) is 24.1. The van der Waals surface area contributed by atoms with Crippen molar-refractivity contribution in [1.82, 2.24) is 9.97 Å². The van der Waals surface area contributed by atoms with E-state index in [0.717, 1.165) is 12.4 Å². The Morgan fingerprint density at radius 1 is 1.13 bits per heavy atom. The van der Waals surface area contributed by atoms with Gasteiger partial charge in [0.25, 0.3) is 0 Å². The summed E-state index contributed by atoms with van der Waals surface area (Å²) in [6.45, 7) is 5.34. The van der Waals surface area contributed by atoms with Crippen LogP contribution in [0.5, 0.6) is 0 Å². The Balaban J connectivity index is 1.73. The van der Waals surface area contributed by atoms with Gasteiger partial charge in [-0.3, -0.25) is 0 Å². The summed E-state index contributed by atoms with van der Waals surface area (Å²) in [5.74, 6) is -0.961. The van der Waals surface area contributed by atoms with Crippen molar-refractivity contribution in [2.24, 2.45) is 4.99 Å². The molecule has 2 aromatic carbocycles. The quantitative estimate of drug-likeness (QED) is 0.299. The van der Waals surface area contributed by atoms with Crippen molar-refractivity contribution in [3.63, 3.8) is 0 Å². The minimum absolute atomic E-state index is 0.00204. The van der Waals surface area contributed by atoms with Gasteiger partial charge in [-0.15, -0.1) is 0 Å². The smallest absolute Gasteiger partial charge is 0.349 e. The molecule has 1 aromatic heterocycles. The third-order valence-corrected chi connectivity index (χ3v) is 3.72. The number of rotatable bonds is 6. The highest BCUT2D eigenvalue weighted by molar-refractivity contribution is 6.23. The maximum atomic E-state index is 14.1. The predicted octanol–water partition coefficient (Wildman–Crippen LogP) is 4.73. The van der Waals surface area contributed by atoms with Crippen molar-refractivity contribution in [2.75, 3.05) is 16.4 Å². The molecule has 0 saturated carbocycles. The van der Waals surface area contributed by atoms with Gasteiger partial charge in [0.2, 0.25) is 5.95 Å². The molecule has 160 valence electrons. The van der Waals surface area contributed by atoms with Gasteiger partial charge in [0.1, 0.15) is 11.8 Å². The number of nitrogens with two attached hydrogens (primary N) is 1. The minimum atomic E-state index is -0.608. The van der Waals surface area contributed by atoms with Crippen molar-refractivity contribution in [2.45, 2.75) is 26.4 Å². The lowest BCUT2D eigenvalue weighted by Crippen LogP contribution is -2.24. The molecule has 0 aliphatic rings. The van der Waals surface area contributed by atoms with Gasteiger partial charge in [0.15, 0.2) is 11.6 Å². The number of nitrogen functional groups attached to an aromatic ring is 1. The number of ether oxygens (including phenoxy) is 1. The van der Waals surface area contributed by atoms with E-state index in [1.807, 2.05) is 0 Å². The summed E-state index contributed by atoms with van der Waals surface area (Å²) in [7, 11) is 0. The van der Waals surface area contributed by atoms with Crippen LogP contribution in [0.3, 0.4) is 0 Å². The van der Waals surface area contributed by atoms with E-state index in [9.17, 15) is 9.18 Å². The van der Waals surface area contributed by atoms with E-state index in [-0.39, 0.29) is 11.8 Å². The van der Waals surface area contributed by atoms with Gasteiger partial charge < -0.3 is 21.1 Å². The molecule has 0 saturated heterocycles. The first kappa shape index (κ1) is 21.7. The van der Waals surface area contributed by atoms with Crippen LogP contribution < -0.4 is 16.4 Å². The van der Waals surface area contributed by atoms with E-state index >= 15 is 0 Å². The summed E-state index contributed by atoms with van der Waals surface area (Å²) in [5.41, 5.74) is 7.43. The van der Waals surface area contributed by atoms with Crippen LogP contribution in [0.4, 0.5) is 38.9 Å². The van der Waals surface area contributed by atoms with Gasteiger partial charge >= 0.3 is 5.97 Å². The number of aromatic nitrogens is 2. The summed E-state index contributed by atoms with van der Waals surface area (Å²) in [6, 6.07) is 13.8. The molecular formula is C22H23FN6O2. The number of benzene rings is 2. The first-order chi connectivity index (χ1) is 14.7. The Morgan fingerprint density at radius 2 is 1.84 bits per heavy atom. The number of carbonyl (C=O) groups is 1. The van der Waals surface area contributed by atoms with E-state index in [1.165, 1.54) is 0 Å². The first-order valence-corrected chi connectivity index (χ1v) is 9.47. The number of hydrogen-bond acceptors (Lipinski definition) is 8. The summed E-state index contributed by atoms with van der Waals surface area (Å²) in [6.07, 6.45) is 2.18. The highest BCUT2D eigenvalue weighted by Crippen LogP contribution is 2.23. The number of aliphatic imine (C=N–C) groups is 1. The highest BCUT2D eigenvalue weighted by Gasteiger charge is 2.14. The van der Waals surface area contributed by atoms with Crippen LogP contribution in [0.2, 0.25) is 0 Å². The molecule has 8 nitrogen and oxygen atoms in total. The molecule has 3 aromatic rings. The van der Waals surface area contributed by atoms with Crippen LogP contribution in [0, 0.1) is 5.82 Å². The number of nitrogens with zero attached hydrogens (tertiary/aromatic N) is 3. The van der Waals surface area contributed by atoms with Crippen LogP contribution >= 0.6 is 0 Å². The van der Waals surface area contributed by atoms with Crippen LogP contribution in [-0.2, 0) is 9.53 Å². The number of hydrogen-bond donors (Lipinski definition) is 3. The topological polar surface area (TPSA) is 115 Å². The van der Waals surface area contributed by atoms with Crippen molar-refractivity contribution >= 4 is 46.7 Å². The molecule has 0 unspecified atom stereocenters. The molecule has 0 aliphatic carbocycles. The van der Waals surface area contributed by atoms with Crippen molar-refractivity contribution in [1.29, 1.82) is 0 Å². The van der Waals surface area contributed by atoms with Crippen LogP contribution in [-0.4, -0.2) is 27.8 Å². The zero-order valence-electron chi connectivity index (χ0n) is 17.4. The number of carbonyl (C=O) groups excluding carboxylic acids is 1. The lowest BCUT2D eigenvalue weighted by Gasteiger charge is -2.17. The molecule has 0 spiro atoms. The van der Waals surface area contributed by atoms with E-state index in [1.54, 1.807) is 69.3 Å². The largest absolute Gasteiger partial charge is 0.456 e. The molecule has 0 radical (unpaired) electrons. The van der Waals surface area contributed by atoms with Crippen molar-refractivity contribution in [3.8, 4) is 0 Å². The average Bonchev–Trinajstić information content (AvgIpc) is 2.68. The normalized spacial score (nSPS) is 11.4. The molecule has 31 heavy (non-hydrogen) atoms. The molecule has 0 atom stereocenters. The maximum Gasteiger partial charge on any atom is 0.349 e. The molecule has 0 amide bonds. The number of nitrogens with one attached hydrogen (secondary N) is 2. The zero-order valence-corrected chi connectivity index (χ0v) is 17.4. The van der Waals surface area contributed by atoms with Crippen molar-refractivity contribution in [3.05, 3.63) is 60.5 Å². The Bertz CT molecular complexity index is 1110. The Labute approximate surface area is 179 Å². The second-order valence-corrected chi connectivity index (χ2v) is 7.61. The molecule has 3 rings (SSSR count). The van der Waals surface area contributed by atoms with Gasteiger partial charge in [-0.1, -0.05) is 12.1 Å². The Kier molecular flexibility index (Phi) is 6.44. The lowest BCUT2D eigenvalue weighted by molar-refractivity contribution is -0.145. The van der Waals surface area contributed by atoms with E-state index in [0.29, 0.717) is 22.7 Å². The number of anilines is 5. The predicted molar refractivity (Wildman–Crippen MR) is 120 cm³/mol. The average molecular weight is 422 g/mol. The first-order valence-electron chi connectivity index (χ1n) is 9.47. The number of halogens is 1. The monoisotopic (exact) mass is 422 g/mol. The second kappa shape index (κ2) is 9.21. The third kappa shape index (κ3) is 6.77. The Morgan fingerprint density at radius 3 is 2.55 bits per heavy atom. The summed E-state index contributed by atoms with van der Waals surface area (Å²) >= 11 is 0. The molecule has 0 bridgehead atoms. The number of esters is 1. The van der Waals surface area contributed by atoms with Gasteiger partial charge in [0.05, 0.1) is 11.9 Å².